The summed E-state index contributed by atoms with van der Waals surface area (Å²) in [6.07, 6.45) is 7.75. The van der Waals surface area contributed by atoms with Gasteiger partial charge in [0.15, 0.2) is 0 Å². The quantitative estimate of drug-likeness (QED) is 0.196. The van der Waals surface area contributed by atoms with Crippen molar-refractivity contribution in [2.45, 2.75) is 0 Å². The zero-order valence-electron chi connectivity index (χ0n) is 24.2. The SMILES string of the molecule is c1ccc(-c2ccc(-c3c4ccccc4c(-c4c(-c5nccc6ccccc56)nc5ccccn45)c4ccccc34)cn2)nc1. The van der Waals surface area contributed by atoms with E-state index >= 15 is 0 Å². The lowest BCUT2D eigenvalue weighted by Gasteiger charge is -2.18. The Balaban J connectivity index is 1.37. The van der Waals surface area contributed by atoms with Gasteiger partial charge in [-0.05, 0) is 68.9 Å². The van der Waals surface area contributed by atoms with Gasteiger partial charge >= 0.3 is 0 Å². The molecular formula is C40H25N5. The summed E-state index contributed by atoms with van der Waals surface area (Å²) in [5, 5.41) is 6.81. The van der Waals surface area contributed by atoms with Crippen LogP contribution in [0, 0.1) is 0 Å². The third kappa shape index (κ3) is 4.02. The highest BCUT2D eigenvalue weighted by Gasteiger charge is 2.24. The first-order valence-electron chi connectivity index (χ1n) is 15.0. The minimum Gasteiger partial charge on any atom is -0.299 e. The Kier molecular flexibility index (Phi) is 5.74. The molecule has 0 spiro atoms. The van der Waals surface area contributed by atoms with Gasteiger partial charge in [-0.1, -0.05) is 91.0 Å². The second-order valence-electron chi connectivity index (χ2n) is 11.1. The van der Waals surface area contributed by atoms with Gasteiger partial charge in [-0.15, -0.1) is 0 Å². The molecule has 0 saturated carbocycles. The van der Waals surface area contributed by atoms with Crippen molar-refractivity contribution in [3.8, 4) is 45.2 Å². The molecule has 9 aromatic rings. The maximum atomic E-state index is 5.23. The molecule has 0 unspecified atom stereocenters. The van der Waals surface area contributed by atoms with Gasteiger partial charge in [0, 0.05) is 41.3 Å². The molecule has 0 aliphatic rings. The van der Waals surface area contributed by atoms with Crippen molar-refractivity contribution < 1.29 is 0 Å². The molecule has 5 heteroatoms. The number of pyridine rings is 4. The lowest BCUT2D eigenvalue weighted by molar-refractivity contribution is 1.19. The van der Waals surface area contributed by atoms with E-state index < -0.39 is 0 Å². The molecule has 9 rings (SSSR count). The van der Waals surface area contributed by atoms with Gasteiger partial charge in [-0.25, -0.2) is 4.98 Å². The van der Waals surface area contributed by atoms with Crippen LogP contribution in [0.5, 0.6) is 0 Å². The molecule has 5 aromatic heterocycles. The molecule has 0 saturated heterocycles. The number of hydrogen-bond acceptors (Lipinski definition) is 4. The van der Waals surface area contributed by atoms with Crippen LogP contribution in [0.4, 0.5) is 0 Å². The van der Waals surface area contributed by atoms with Crippen LogP contribution in [-0.4, -0.2) is 24.3 Å². The molecule has 0 bridgehead atoms. The lowest BCUT2D eigenvalue weighted by Crippen LogP contribution is -1.96. The van der Waals surface area contributed by atoms with Gasteiger partial charge in [0.2, 0.25) is 0 Å². The van der Waals surface area contributed by atoms with Gasteiger partial charge in [0.05, 0.1) is 22.8 Å². The summed E-state index contributed by atoms with van der Waals surface area (Å²) in [5.41, 5.74) is 8.69. The first kappa shape index (κ1) is 25.3. The molecule has 210 valence electrons. The fourth-order valence-electron chi connectivity index (χ4n) is 6.61. The van der Waals surface area contributed by atoms with Crippen molar-refractivity contribution in [2.75, 3.05) is 0 Å². The van der Waals surface area contributed by atoms with E-state index in [2.05, 4.69) is 119 Å². The molecule has 0 aliphatic heterocycles. The monoisotopic (exact) mass is 575 g/mol. The average molecular weight is 576 g/mol. The molecule has 45 heavy (non-hydrogen) atoms. The number of nitrogens with zero attached hydrogens (tertiary/aromatic N) is 5. The minimum absolute atomic E-state index is 0.850. The fraction of sp³-hybridized carbons (Fsp3) is 0. The summed E-state index contributed by atoms with van der Waals surface area (Å²) in [6.45, 7) is 0. The lowest BCUT2D eigenvalue weighted by atomic mass is 9.87. The number of aromatic nitrogens is 5. The van der Waals surface area contributed by atoms with Crippen molar-refractivity contribution in [1.82, 2.24) is 24.3 Å². The molecule has 0 aliphatic carbocycles. The molecule has 4 aromatic carbocycles. The molecular weight excluding hydrogens is 550 g/mol. The van der Waals surface area contributed by atoms with Crippen LogP contribution in [-0.2, 0) is 0 Å². The fourth-order valence-corrected chi connectivity index (χ4v) is 6.61. The van der Waals surface area contributed by atoms with Crippen LogP contribution in [0.25, 0.3) is 83.1 Å². The molecule has 5 nitrogen and oxygen atoms in total. The smallest absolute Gasteiger partial charge is 0.138 e. The molecule has 0 radical (unpaired) electrons. The van der Waals surface area contributed by atoms with E-state index in [1.807, 2.05) is 36.7 Å². The van der Waals surface area contributed by atoms with Gasteiger partial charge in [0.1, 0.15) is 11.3 Å². The average Bonchev–Trinajstić information content (AvgIpc) is 3.49. The van der Waals surface area contributed by atoms with Crippen molar-refractivity contribution in [3.63, 3.8) is 0 Å². The maximum absolute atomic E-state index is 5.23. The number of benzene rings is 4. The topological polar surface area (TPSA) is 56.0 Å². The molecule has 0 N–H and O–H groups in total. The third-order valence-corrected chi connectivity index (χ3v) is 8.58. The summed E-state index contributed by atoms with van der Waals surface area (Å²) in [5.74, 6) is 0. The van der Waals surface area contributed by atoms with Crippen LogP contribution in [0.3, 0.4) is 0 Å². The Bertz CT molecular complexity index is 2470. The number of fused-ring (bicyclic) bond motifs is 4. The maximum Gasteiger partial charge on any atom is 0.138 e. The summed E-state index contributed by atoms with van der Waals surface area (Å²) >= 11 is 0. The molecule has 0 amide bonds. The number of imidazole rings is 1. The summed E-state index contributed by atoms with van der Waals surface area (Å²) in [6, 6.07) is 44.0. The van der Waals surface area contributed by atoms with Crippen LogP contribution < -0.4 is 0 Å². The Morgan fingerprint density at radius 3 is 1.82 bits per heavy atom. The molecule has 0 atom stereocenters. The number of rotatable bonds is 4. The normalized spacial score (nSPS) is 11.6. The van der Waals surface area contributed by atoms with E-state index in [9.17, 15) is 0 Å². The number of hydrogen-bond donors (Lipinski definition) is 0. The van der Waals surface area contributed by atoms with Crippen molar-refractivity contribution in [3.05, 3.63) is 152 Å². The van der Waals surface area contributed by atoms with Gasteiger partial charge in [-0.3, -0.25) is 19.4 Å². The second-order valence-corrected chi connectivity index (χ2v) is 11.1. The van der Waals surface area contributed by atoms with Gasteiger partial charge in [0.25, 0.3) is 0 Å². The van der Waals surface area contributed by atoms with Crippen LogP contribution in [0.2, 0.25) is 0 Å². The van der Waals surface area contributed by atoms with Gasteiger partial charge in [-0.2, -0.15) is 0 Å². The van der Waals surface area contributed by atoms with Crippen LogP contribution >= 0.6 is 0 Å². The standard InChI is InChI=1S/C40H25N5/c1-2-12-28-26(11-1)21-23-42-38(28)39-40(45-24-10-8-18-35(45)44-39)37-31-15-5-3-13-29(31)36(30-14-4-6-16-32(30)37)27-19-20-34(43-25-27)33-17-7-9-22-41-33/h1-25H. The molecule has 0 fully saturated rings. The Labute approximate surface area is 259 Å². The Hall–Kier alpha value is -6.20. The van der Waals surface area contributed by atoms with E-state index in [-0.39, 0.29) is 0 Å². The van der Waals surface area contributed by atoms with Crippen molar-refractivity contribution >= 4 is 38.0 Å². The second kappa shape index (κ2) is 10.2. The molecule has 5 heterocycles. The first-order valence-corrected chi connectivity index (χ1v) is 15.0. The first-order chi connectivity index (χ1) is 22.3. The Morgan fingerprint density at radius 1 is 0.444 bits per heavy atom. The minimum atomic E-state index is 0.850. The summed E-state index contributed by atoms with van der Waals surface area (Å²) in [7, 11) is 0. The predicted octanol–water partition coefficient (Wildman–Crippen LogP) is 9.65. The third-order valence-electron chi connectivity index (χ3n) is 8.58. The zero-order valence-corrected chi connectivity index (χ0v) is 24.2. The van der Waals surface area contributed by atoms with E-state index in [0.29, 0.717) is 0 Å². The van der Waals surface area contributed by atoms with E-state index in [1.54, 1.807) is 6.20 Å². The zero-order chi connectivity index (χ0) is 29.7. The van der Waals surface area contributed by atoms with E-state index in [0.717, 1.165) is 83.1 Å². The highest BCUT2D eigenvalue weighted by molar-refractivity contribution is 6.22. The summed E-state index contributed by atoms with van der Waals surface area (Å²) < 4.78 is 2.20. The van der Waals surface area contributed by atoms with E-state index in [1.165, 1.54) is 0 Å². The van der Waals surface area contributed by atoms with Gasteiger partial charge < -0.3 is 0 Å². The van der Waals surface area contributed by atoms with Crippen molar-refractivity contribution in [1.29, 1.82) is 0 Å². The Morgan fingerprint density at radius 2 is 1.11 bits per heavy atom. The van der Waals surface area contributed by atoms with Crippen LogP contribution in [0.15, 0.2) is 152 Å². The van der Waals surface area contributed by atoms with Crippen LogP contribution in [0.1, 0.15) is 0 Å². The highest BCUT2D eigenvalue weighted by Crippen LogP contribution is 2.46. The van der Waals surface area contributed by atoms with Crippen molar-refractivity contribution in [2.24, 2.45) is 0 Å². The highest BCUT2D eigenvalue weighted by atomic mass is 15.0. The largest absolute Gasteiger partial charge is 0.299 e. The van der Waals surface area contributed by atoms with E-state index in [4.69, 9.17) is 15.0 Å². The summed E-state index contributed by atoms with van der Waals surface area (Å²) in [4.78, 5) is 19.5. The predicted molar refractivity (Wildman–Crippen MR) is 183 cm³/mol.